The highest BCUT2D eigenvalue weighted by atomic mass is 16.5. The van der Waals surface area contributed by atoms with E-state index >= 15 is 0 Å². The molecule has 1 amide bonds. The van der Waals surface area contributed by atoms with Gasteiger partial charge in [0, 0.05) is 22.5 Å². The van der Waals surface area contributed by atoms with Crippen molar-refractivity contribution in [1.82, 2.24) is 10.3 Å². The molecule has 2 aromatic carbocycles. The van der Waals surface area contributed by atoms with Crippen LogP contribution in [-0.4, -0.2) is 25.1 Å². The minimum atomic E-state index is -0.321. The lowest BCUT2D eigenvalue weighted by Crippen LogP contribution is -2.28. The van der Waals surface area contributed by atoms with Crippen LogP contribution in [-0.2, 0) is 0 Å². The highest BCUT2D eigenvalue weighted by molar-refractivity contribution is 6.06. The Kier molecular flexibility index (Phi) is 4.93. The van der Waals surface area contributed by atoms with Crippen molar-refractivity contribution in [3.63, 3.8) is 0 Å². The Morgan fingerprint density at radius 2 is 1.81 bits per heavy atom. The average molecular weight is 352 g/mol. The standard InChI is InChI=1S/C20H20N2O4/c1-12(16-10-13(25-2)8-9-18(16)26-3)22-20(24)17-11-21-19(23)15-7-5-4-6-14(15)17/h4-12H,1-3H3,(H,21,23)(H,22,24)/t12-/m0/s1. The summed E-state index contributed by atoms with van der Waals surface area (Å²) in [5, 5.41) is 4.04. The number of pyridine rings is 1. The average Bonchev–Trinajstić information content (AvgIpc) is 2.67. The molecule has 2 N–H and O–H groups in total. The first kappa shape index (κ1) is 17.5. The summed E-state index contributed by atoms with van der Waals surface area (Å²) in [6, 6.07) is 12.1. The van der Waals surface area contributed by atoms with E-state index in [1.54, 1.807) is 50.6 Å². The third kappa shape index (κ3) is 3.26. The summed E-state index contributed by atoms with van der Waals surface area (Å²) in [6.45, 7) is 1.86. The Balaban J connectivity index is 1.94. The van der Waals surface area contributed by atoms with Crippen LogP contribution in [0, 0.1) is 0 Å². The second kappa shape index (κ2) is 7.31. The Bertz CT molecular complexity index is 1010. The van der Waals surface area contributed by atoms with Gasteiger partial charge in [-0.1, -0.05) is 18.2 Å². The first-order valence-corrected chi connectivity index (χ1v) is 8.18. The van der Waals surface area contributed by atoms with Crippen LogP contribution in [0.2, 0.25) is 0 Å². The molecule has 0 aliphatic heterocycles. The normalized spacial score (nSPS) is 11.8. The summed E-state index contributed by atoms with van der Waals surface area (Å²) in [6.07, 6.45) is 1.44. The lowest BCUT2D eigenvalue weighted by atomic mass is 10.0. The number of hydrogen-bond donors (Lipinski definition) is 2. The second-order valence-corrected chi connectivity index (χ2v) is 5.88. The fraction of sp³-hybridized carbons (Fsp3) is 0.200. The van der Waals surface area contributed by atoms with E-state index in [0.29, 0.717) is 27.8 Å². The molecule has 0 bridgehead atoms. The highest BCUT2D eigenvalue weighted by Crippen LogP contribution is 2.29. The number of hydrogen-bond acceptors (Lipinski definition) is 4. The van der Waals surface area contributed by atoms with Gasteiger partial charge >= 0.3 is 0 Å². The van der Waals surface area contributed by atoms with Gasteiger partial charge in [-0.15, -0.1) is 0 Å². The van der Waals surface area contributed by atoms with Gasteiger partial charge in [0.25, 0.3) is 11.5 Å². The number of carbonyl (C=O) groups excluding carboxylic acids is 1. The molecule has 0 fully saturated rings. The van der Waals surface area contributed by atoms with Gasteiger partial charge in [-0.3, -0.25) is 9.59 Å². The molecule has 0 radical (unpaired) electrons. The molecule has 0 saturated heterocycles. The zero-order valence-electron chi connectivity index (χ0n) is 14.8. The molecule has 1 atom stereocenters. The van der Waals surface area contributed by atoms with Gasteiger partial charge in [-0.2, -0.15) is 0 Å². The van der Waals surface area contributed by atoms with Crippen LogP contribution in [0.5, 0.6) is 11.5 Å². The Hall–Kier alpha value is -3.28. The number of aromatic nitrogens is 1. The maximum absolute atomic E-state index is 12.8. The number of ether oxygens (including phenoxy) is 2. The third-order valence-electron chi connectivity index (χ3n) is 4.31. The number of benzene rings is 2. The maximum Gasteiger partial charge on any atom is 0.255 e. The van der Waals surface area contributed by atoms with Crippen molar-refractivity contribution in [2.24, 2.45) is 0 Å². The number of H-pyrrole nitrogens is 1. The van der Waals surface area contributed by atoms with Crippen molar-refractivity contribution >= 4 is 16.7 Å². The minimum Gasteiger partial charge on any atom is -0.497 e. The van der Waals surface area contributed by atoms with E-state index in [4.69, 9.17) is 9.47 Å². The summed E-state index contributed by atoms with van der Waals surface area (Å²) in [5.41, 5.74) is 0.988. The van der Waals surface area contributed by atoms with Crippen LogP contribution in [0.4, 0.5) is 0 Å². The molecule has 1 heterocycles. The van der Waals surface area contributed by atoms with Gasteiger partial charge in [-0.25, -0.2) is 0 Å². The number of rotatable bonds is 5. The van der Waals surface area contributed by atoms with E-state index in [1.165, 1.54) is 6.20 Å². The van der Waals surface area contributed by atoms with Crippen molar-refractivity contribution in [3.05, 3.63) is 70.1 Å². The quantitative estimate of drug-likeness (QED) is 0.740. The van der Waals surface area contributed by atoms with Gasteiger partial charge in [-0.05, 0) is 31.2 Å². The monoisotopic (exact) mass is 352 g/mol. The van der Waals surface area contributed by atoms with Gasteiger partial charge < -0.3 is 19.8 Å². The van der Waals surface area contributed by atoms with E-state index in [9.17, 15) is 9.59 Å². The molecule has 6 heteroatoms. The zero-order valence-corrected chi connectivity index (χ0v) is 14.8. The molecular weight excluding hydrogens is 332 g/mol. The summed E-state index contributed by atoms with van der Waals surface area (Å²) in [4.78, 5) is 27.4. The molecule has 134 valence electrons. The third-order valence-corrected chi connectivity index (χ3v) is 4.31. The number of fused-ring (bicyclic) bond motifs is 1. The van der Waals surface area contributed by atoms with E-state index in [0.717, 1.165) is 5.56 Å². The van der Waals surface area contributed by atoms with Crippen LogP contribution >= 0.6 is 0 Å². The largest absolute Gasteiger partial charge is 0.497 e. The topological polar surface area (TPSA) is 80.4 Å². The van der Waals surface area contributed by atoms with Crippen LogP contribution in [0.3, 0.4) is 0 Å². The molecule has 26 heavy (non-hydrogen) atoms. The molecule has 0 unspecified atom stereocenters. The predicted molar refractivity (Wildman–Crippen MR) is 100.0 cm³/mol. The van der Waals surface area contributed by atoms with Crippen LogP contribution in [0.25, 0.3) is 10.8 Å². The number of methoxy groups -OCH3 is 2. The molecule has 6 nitrogen and oxygen atoms in total. The first-order chi connectivity index (χ1) is 12.5. The molecular formula is C20H20N2O4. The molecule has 1 aromatic heterocycles. The van der Waals surface area contributed by atoms with Gasteiger partial charge in [0.15, 0.2) is 0 Å². The molecule has 0 aliphatic rings. The van der Waals surface area contributed by atoms with Crippen molar-refractivity contribution < 1.29 is 14.3 Å². The maximum atomic E-state index is 12.8. The summed E-state index contributed by atoms with van der Waals surface area (Å²) < 4.78 is 10.6. The lowest BCUT2D eigenvalue weighted by Gasteiger charge is -2.18. The van der Waals surface area contributed by atoms with Gasteiger partial charge in [0.2, 0.25) is 0 Å². The number of carbonyl (C=O) groups is 1. The van der Waals surface area contributed by atoms with Crippen molar-refractivity contribution in [3.8, 4) is 11.5 Å². The SMILES string of the molecule is COc1ccc(OC)c([C@H](C)NC(=O)c2c[nH]c(=O)c3ccccc23)c1. The van der Waals surface area contributed by atoms with E-state index in [1.807, 2.05) is 13.0 Å². The highest BCUT2D eigenvalue weighted by Gasteiger charge is 2.18. The molecule has 3 aromatic rings. The predicted octanol–water partition coefficient (Wildman–Crippen LogP) is 3.04. The number of aromatic amines is 1. The van der Waals surface area contributed by atoms with Crippen molar-refractivity contribution in [2.45, 2.75) is 13.0 Å². The Morgan fingerprint density at radius 1 is 1.08 bits per heavy atom. The second-order valence-electron chi connectivity index (χ2n) is 5.88. The minimum absolute atomic E-state index is 0.223. The van der Waals surface area contributed by atoms with Crippen molar-refractivity contribution in [2.75, 3.05) is 14.2 Å². The van der Waals surface area contributed by atoms with E-state index < -0.39 is 0 Å². The molecule has 0 saturated carbocycles. The number of amides is 1. The first-order valence-electron chi connectivity index (χ1n) is 8.18. The van der Waals surface area contributed by atoms with Crippen LogP contribution in [0.15, 0.2) is 53.5 Å². The molecule has 0 spiro atoms. The number of nitrogens with one attached hydrogen (secondary N) is 2. The van der Waals surface area contributed by atoms with Gasteiger partial charge in [0.05, 0.1) is 25.8 Å². The fourth-order valence-electron chi connectivity index (χ4n) is 2.93. The van der Waals surface area contributed by atoms with E-state index in [-0.39, 0.29) is 17.5 Å². The lowest BCUT2D eigenvalue weighted by molar-refractivity contribution is 0.0940. The smallest absolute Gasteiger partial charge is 0.255 e. The van der Waals surface area contributed by atoms with Gasteiger partial charge in [0.1, 0.15) is 11.5 Å². The summed E-state index contributed by atoms with van der Waals surface area (Å²) in [5.74, 6) is 1.05. The summed E-state index contributed by atoms with van der Waals surface area (Å²) >= 11 is 0. The van der Waals surface area contributed by atoms with E-state index in [2.05, 4.69) is 10.3 Å². The van der Waals surface area contributed by atoms with Crippen molar-refractivity contribution in [1.29, 1.82) is 0 Å². The zero-order chi connectivity index (χ0) is 18.7. The fourth-order valence-corrected chi connectivity index (χ4v) is 2.93. The Labute approximate surface area is 150 Å². The van der Waals surface area contributed by atoms with Crippen LogP contribution < -0.4 is 20.3 Å². The van der Waals surface area contributed by atoms with Crippen LogP contribution in [0.1, 0.15) is 28.9 Å². The molecule has 3 rings (SSSR count). The molecule has 0 aliphatic carbocycles. The summed E-state index contributed by atoms with van der Waals surface area (Å²) in [7, 11) is 3.16. The Morgan fingerprint density at radius 3 is 2.50 bits per heavy atom.